The van der Waals surface area contributed by atoms with E-state index in [0.29, 0.717) is 0 Å². The Balaban J connectivity index is 2.21. The second-order valence-electron chi connectivity index (χ2n) is 5.45. The van der Waals surface area contributed by atoms with Crippen molar-refractivity contribution in [1.29, 1.82) is 0 Å². The predicted octanol–water partition coefficient (Wildman–Crippen LogP) is 4.69. The zero-order valence-electron chi connectivity index (χ0n) is 13.1. The molecule has 0 spiro atoms. The molecular weight excluding hydrogens is 278 g/mol. The largest absolute Gasteiger partial charge is 0.329 e. The summed E-state index contributed by atoms with van der Waals surface area (Å²) in [4.78, 5) is 13.8. The van der Waals surface area contributed by atoms with Gasteiger partial charge in [-0.25, -0.2) is 9.97 Å². The lowest BCUT2D eigenvalue weighted by Gasteiger charge is -2.20. The molecule has 0 amide bonds. The van der Waals surface area contributed by atoms with Crippen molar-refractivity contribution in [2.75, 3.05) is 11.9 Å². The molecule has 0 saturated carbocycles. The first kappa shape index (κ1) is 14.0. The van der Waals surface area contributed by atoms with Crippen LogP contribution in [-0.4, -0.2) is 17.0 Å². The number of fused-ring (bicyclic) bond motifs is 1. The van der Waals surface area contributed by atoms with Crippen LogP contribution in [0, 0.1) is 27.7 Å². The standard InChI is InChI=1S/C17H19N3S/c1-10-6-8-14(9-7-10)20(5)16-15-11(2)12(3)21-17(15)19-13(4)18-16/h6-9H,1-5H3. The quantitative estimate of drug-likeness (QED) is 0.687. The first-order valence-electron chi connectivity index (χ1n) is 7.02. The maximum atomic E-state index is 4.70. The third kappa shape index (κ3) is 2.40. The summed E-state index contributed by atoms with van der Waals surface area (Å²) in [7, 11) is 2.07. The van der Waals surface area contributed by atoms with E-state index in [9.17, 15) is 0 Å². The number of hydrogen-bond acceptors (Lipinski definition) is 4. The van der Waals surface area contributed by atoms with Gasteiger partial charge in [0.05, 0.1) is 5.39 Å². The van der Waals surface area contributed by atoms with Crippen molar-refractivity contribution >= 4 is 33.1 Å². The van der Waals surface area contributed by atoms with E-state index in [-0.39, 0.29) is 0 Å². The summed E-state index contributed by atoms with van der Waals surface area (Å²) in [6.45, 7) is 8.35. The molecule has 0 radical (unpaired) electrons. The Labute approximate surface area is 129 Å². The highest BCUT2D eigenvalue weighted by molar-refractivity contribution is 7.18. The second-order valence-corrected chi connectivity index (χ2v) is 6.66. The minimum Gasteiger partial charge on any atom is -0.329 e. The average molecular weight is 297 g/mol. The van der Waals surface area contributed by atoms with Gasteiger partial charge in [0.15, 0.2) is 0 Å². The van der Waals surface area contributed by atoms with Crippen LogP contribution < -0.4 is 4.90 Å². The van der Waals surface area contributed by atoms with Crippen LogP contribution in [0.3, 0.4) is 0 Å². The smallest absolute Gasteiger partial charge is 0.145 e. The maximum absolute atomic E-state index is 4.70. The van der Waals surface area contributed by atoms with Gasteiger partial charge in [0.25, 0.3) is 0 Å². The fraction of sp³-hybridized carbons (Fsp3) is 0.294. The maximum Gasteiger partial charge on any atom is 0.145 e. The highest BCUT2D eigenvalue weighted by atomic mass is 32.1. The number of nitrogens with zero attached hydrogens (tertiary/aromatic N) is 3. The fourth-order valence-corrected chi connectivity index (χ4v) is 3.53. The normalized spacial score (nSPS) is 11.1. The van der Waals surface area contributed by atoms with E-state index in [1.165, 1.54) is 21.4 Å². The van der Waals surface area contributed by atoms with Gasteiger partial charge in [-0.3, -0.25) is 0 Å². The summed E-state index contributed by atoms with van der Waals surface area (Å²) in [6.07, 6.45) is 0. The molecule has 0 saturated heterocycles. The number of aryl methyl sites for hydroxylation is 4. The SMILES string of the molecule is Cc1ccc(N(C)c2nc(C)nc3sc(C)c(C)c23)cc1. The summed E-state index contributed by atoms with van der Waals surface area (Å²) in [5.74, 6) is 1.81. The average Bonchev–Trinajstić information content (AvgIpc) is 2.73. The molecule has 21 heavy (non-hydrogen) atoms. The Hall–Kier alpha value is -1.94. The Morgan fingerprint density at radius 3 is 2.29 bits per heavy atom. The molecule has 3 aromatic rings. The molecule has 0 atom stereocenters. The van der Waals surface area contributed by atoms with Crippen molar-refractivity contribution < 1.29 is 0 Å². The number of anilines is 2. The lowest BCUT2D eigenvalue weighted by molar-refractivity contribution is 1.05. The van der Waals surface area contributed by atoms with Crippen molar-refractivity contribution in [3.05, 3.63) is 46.1 Å². The molecule has 0 unspecified atom stereocenters. The summed E-state index contributed by atoms with van der Waals surface area (Å²) in [5, 5.41) is 1.17. The van der Waals surface area contributed by atoms with Gasteiger partial charge in [0, 0.05) is 17.6 Å². The van der Waals surface area contributed by atoms with E-state index in [2.05, 4.69) is 62.0 Å². The Bertz CT molecular complexity index is 803. The first-order valence-corrected chi connectivity index (χ1v) is 7.83. The number of hydrogen-bond donors (Lipinski definition) is 0. The van der Waals surface area contributed by atoms with Gasteiger partial charge in [-0.15, -0.1) is 11.3 Å². The molecule has 0 fully saturated rings. The van der Waals surface area contributed by atoms with Crippen LogP contribution in [-0.2, 0) is 0 Å². The van der Waals surface area contributed by atoms with Crippen LogP contribution >= 0.6 is 11.3 Å². The van der Waals surface area contributed by atoms with Crippen LogP contribution in [0.25, 0.3) is 10.2 Å². The van der Waals surface area contributed by atoms with Crippen molar-refractivity contribution in [2.45, 2.75) is 27.7 Å². The number of benzene rings is 1. The summed E-state index contributed by atoms with van der Waals surface area (Å²) >= 11 is 1.74. The van der Waals surface area contributed by atoms with Crippen molar-refractivity contribution in [3.8, 4) is 0 Å². The van der Waals surface area contributed by atoms with E-state index in [1.807, 2.05) is 6.92 Å². The van der Waals surface area contributed by atoms with Gasteiger partial charge in [-0.1, -0.05) is 17.7 Å². The zero-order chi connectivity index (χ0) is 15.1. The van der Waals surface area contributed by atoms with E-state index >= 15 is 0 Å². The van der Waals surface area contributed by atoms with Crippen molar-refractivity contribution in [1.82, 2.24) is 9.97 Å². The van der Waals surface area contributed by atoms with Crippen LogP contribution in [0.15, 0.2) is 24.3 Å². The van der Waals surface area contributed by atoms with Crippen LogP contribution in [0.4, 0.5) is 11.5 Å². The molecule has 0 N–H and O–H groups in total. The number of aromatic nitrogens is 2. The van der Waals surface area contributed by atoms with Crippen molar-refractivity contribution in [3.63, 3.8) is 0 Å². The molecular formula is C17H19N3S. The molecule has 108 valence electrons. The van der Waals surface area contributed by atoms with Crippen molar-refractivity contribution in [2.24, 2.45) is 0 Å². The lowest BCUT2D eigenvalue weighted by Crippen LogP contribution is -2.12. The molecule has 2 heterocycles. The third-order valence-corrected chi connectivity index (χ3v) is 4.96. The molecule has 4 heteroatoms. The third-order valence-electron chi connectivity index (χ3n) is 3.86. The highest BCUT2D eigenvalue weighted by Crippen LogP contribution is 2.36. The topological polar surface area (TPSA) is 29.0 Å². The minimum atomic E-state index is 0.817. The first-order chi connectivity index (χ1) is 9.97. The molecule has 0 aliphatic rings. The molecule has 3 nitrogen and oxygen atoms in total. The molecule has 3 rings (SSSR count). The fourth-order valence-electron chi connectivity index (χ4n) is 2.47. The monoisotopic (exact) mass is 297 g/mol. The molecule has 1 aromatic carbocycles. The Morgan fingerprint density at radius 1 is 0.952 bits per heavy atom. The van der Waals surface area contributed by atoms with Gasteiger partial charge < -0.3 is 4.90 Å². The van der Waals surface area contributed by atoms with E-state index in [0.717, 1.165) is 22.2 Å². The van der Waals surface area contributed by atoms with Crippen LogP contribution in [0.5, 0.6) is 0 Å². The predicted molar refractivity (Wildman–Crippen MR) is 90.9 cm³/mol. The van der Waals surface area contributed by atoms with E-state index < -0.39 is 0 Å². The van der Waals surface area contributed by atoms with E-state index in [4.69, 9.17) is 4.98 Å². The van der Waals surface area contributed by atoms with Gasteiger partial charge in [-0.05, 0) is 45.4 Å². The summed E-state index contributed by atoms with van der Waals surface area (Å²) in [5.41, 5.74) is 3.69. The summed E-state index contributed by atoms with van der Waals surface area (Å²) < 4.78 is 0. The lowest BCUT2D eigenvalue weighted by atomic mass is 10.2. The molecule has 2 aromatic heterocycles. The molecule has 0 aliphatic heterocycles. The minimum absolute atomic E-state index is 0.817. The number of thiophene rings is 1. The van der Waals surface area contributed by atoms with Gasteiger partial charge in [0.2, 0.25) is 0 Å². The van der Waals surface area contributed by atoms with Crippen LogP contribution in [0.2, 0.25) is 0 Å². The highest BCUT2D eigenvalue weighted by Gasteiger charge is 2.17. The van der Waals surface area contributed by atoms with Crippen LogP contribution in [0.1, 0.15) is 21.8 Å². The molecule has 0 aliphatic carbocycles. The Kier molecular flexibility index (Phi) is 3.41. The van der Waals surface area contributed by atoms with E-state index in [1.54, 1.807) is 11.3 Å². The molecule has 0 bridgehead atoms. The van der Waals surface area contributed by atoms with Gasteiger partial charge >= 0.3 is 0 Å². The van der Waals surface area contributed by atoms with Gasteiger partial charge in [0.1, 0.15) is 16.5 Å². The van der Waals surface area contributed by atoms with Gasteiger partial charge in [-0.2, -0.15) is 0 Å². The Morgan fingerprint density at radius 2 is 1.62 bits per heavy atom. The second kappa shape index (κ2) is 5.11. The number of rotatable bonds is 2. The zero-order valence-corrected chi connectivity index (χ0v) is 13.9. The summed E-state index contributed by atoms with van der Waals surface area (Å²) in [6, 6.07) is 8.52.